The Morgan fingerprint density at radius 1 is 1.06 bits per heavy atom. The van der Waals surface area contributed by atoms with Crippen LogP contribution < -0.4 is 20.1 Å². The van der Waals surface area contributed by atoms with E-state index in [-0.39, 0.29) is 25.4 Å². The van der Waals surface area contributed by atoms with Crippen molar-refractivity contribution in [3.8, 4) is 16.6 Å². The number of nitrogens with zero attached hydrogens (tertiary/aromatic N) is 4. The third-order valence-corrected chi connectivity index (χ3v) is 16.0. The number of para-hydroxylation sites is 1. The summed E-state index contributed by atoms with van der Waals surface area (Å²) in [5, 5.41) is 8.61. The van der Waals surface area contributed by atoms with Crippen LogP contribution in [-0.4, -0.2) is 92.3 Å². The number of fused-ring (bicyclic) bond motifs is 3. The van der Waals surface area contributed by atoms with Gasteiger partial charge in [-0.05, 0) is 105 Å². The third-order valence-electron chi connectivity index (χ3n) is 12.9. The molecule has 2 saturated carbocycles. The first-order chi connectivity index (χ1) is 30.8. The lowest BCUT2D eigenvalue weighted by Crippen LogP contribution is -2.58. The van der Waals surface area contributed by atoms with E-state index in [9.17, 15) is 27.6 Å². The molecule has 4 heterocycles. The summed E-state index contributed by atoms with van der Waals surface area (Å²) in [4.78, 5) is 68.2. The number of rotatable bonds is 10. The maximum absolute atomic E-state index is 14.8. The first-order valence-electron chi connectivity index (χ1n) is 22.8. The molecule has 4 aromatic rings. The first-order valence-corrected chi connectivity index (χ1v) is 25.2. The normalized spacial score (nSPS) is 25.1. The Kier molecular flexibility index (Phi) is 12.7. The average molecular weight is 928 g/mol. The van der Waals surface area contributed by atoms with E-state index in [1.807, 2.05) is 48.8 Å². The zero-order valence-electron chi connectivity index (χ0n) is 38.3. The van der Waals surface area contributed by atoms with E-state index >= 15 is 0 Å². The molecule has 0 radical (unpaired) electrons. The molecular weight excluding hydrogens is 867 g/mol. The van der Waals surface area contributed by atoms with E-state index in [1.165, 1.54) is 16.0 Å². The van der Waals surface area contributed by atoms with Crippen molar-refractivity contribution in [2.75, 3.05) is 6.54 Å². The van der Waals surface area contributed by atoms with Gasteiger partial charge in [-0.15, -0.1) is 11.3 Å². The average Bonchev–Trinajstić information content (AvgIpc) is 3.92. The first kappa shape index (κ1) is 46.2. The van der Waals surface area contributed by atoms with Crippen LogP contribution in [0.2, 0.25) is 0 Å². The minimum atomic E-state index is -4.01. The van der Waals surface area contributed by atoms with Crippen molar-refractivity contribution in [1.82, 2.24) is 34.8 Å². The second-order valence-electron chi connectivity index (χ2n) is 19.7. The SMILES string of the molecule is Cc1cccc(Cc2csc(-c3cccc4c3nc(O[C@@H]3C[C@H]5C(=O)N[C@]6(C(=O)NS(=O)(=O)C7(C)CC7)C[C@@H]6/C=C\CCCCC[C@H](NC(=O)OC(C)(C)C)C(=O)N5C3)n4C(C)C)n2)c1. The van der Waals surface area contributed by atoms with Crippen molar-refractivity contribution in [3.63, 3.8) is 0 Å². The van der Waals surface area contributed by atoms with E-state index < -0.39 is 73.8 Å². The maximum atomic E-state index is 14.8. The lowest BCUT2D eigenvalue weighted by atomic mass is 10.0. The summed E-state index contributed by atoms with van der Waals surface area (Å²) in [6, 6.07) is 12.4. The molecule has 2 aliphatic heterocycles. The maximum Gasteiger partial charge on any atom is 0.408 e. The van der Waals surface area contributed by atoms with Crippen molar-refractivity contribution >= 4 is 56.2 Å². The van der Waals surface area contributed by atoms with Gasteiger partial charge < -0.3 is 25.0 Å². The molecule has 8 rings (SSSR count). The summed E-state index contributed by atoms with van der Waals surface area (Å²) in [6.07, 6.45) is 7.30. The number of nitrogens with one attached hydrogen (secondary N) is 3. The van der Waals surface area contributed by atoms with Gasteiger partial charge in [0.1, 0.15) is 39.9 Å². The number of aryl methyl sites for hydroxylation is 1. The van der Waals surface area contributed by atoms with Crippen LogP contribution in [-0.2, 0) is 35.6 Å². The second-order valence-corrected chi connectivity index (χ2v) is 22.8. The van der Waals surface area contributed by atoms with Gasteiger partial charge >= 0.3 is 6.09 Å². The number of carbonyl (C=O) groups excluding carboxylic acids is 4. The number of benzene rings is 2. The Morgan fingerprint density at radius 3 is 2.55 bits per heavy atom. The van der Waals surface area contributed by atoms with Crippen molar-refractivity contribution in [2.45, 2.75) is 153 Å². The van der Waals surface area contributed by atoms with Gasteiger partial charge in [0.15, 0.2) is 0 Å². The van der Waals surface area contributed by atoms with Crippen LogP contribution >= 0.6 is 11.3 Å². The van der Waals surface area contributed by atoms with Gasteiger partial charge in [0.25, 0.3) is 11.9 Å². The number of carbonyl (C=O) groups is 4. The Bertz CT molecular complexity index is 2630. The Balaban J connectivity index is 1.11. The fraction of sp³-hybridized carbons (Fsp3) is 0.542. The van der Waals surface area contributed by atoms with Crippen LogP contribution in [0.3, 0.4) is 0 Å². The number of thiazole rings is 1. The number of hydrogen-bond acceptors (Lipinski definition) is 11. The standard InChI is InChI=1S/C48H61N7O8S2/c1-29(2)55-37-20-14-18-35(41-49-33(28-64-41)24-31-16-13-15-30(3)23-31)39(37)51-44(55)62-34-25-38-40(56)52-48(43(58)53-65(60,61)47(7)21-22-47)26-32(48)17-11-9-8-10-12-19-36(42(57)54(38)27-34)50-45(59)63-46(4,5)6/h11,13-18,20,23,28-29,32,34,36,38H,8-10,12,19,21-22,24-27H2,1-7H3,(H,50,59)(H,52,56)(H,53,58)/b17-11-/t32-,34+,36-,38-,48+/m0/s1. The van der Waals surface area contributed by atoms with Crippen molar-refractivity contribution in [3.05, 3.63) is 76.8 Å². The molecule has 2 aromatic heterocycles. The minimum absolute atomic E-state index is 0.0262. The monoisotopic (exact) mass is 927 g/mol. The Morgan fingerprint density at radius 2 is 1.83 bits per heavy atom. The number of ether oxygens (including phenoxy) is 2. The second kappa shape index (κ2) is 17.8. The number of aromatic nitrogens is 3. The van der Waals surface area contributed by atoms with E-state index in [4.69, 9.17) is 19.4 Å². The summed E-state index contributed by atoms with van der Waals surface area (Å²) >= 11 is 1.55. The molecular formula is C48H61N7O8S2. The quantitative estimate of drug-likeness (QED) is 0.136. The highest BCUT2D eigenvalue weighted by Gasteiger charge is 2.63. The topological polar surface area (TPSA) is 191 Å². The van der Waals surface area contributed by atoms with Crippen LogP contribution in [0.15, 0.2) is 60.0 Å². The van der Waals surface area contributed by atoms with Gasteiger partial charge in [0.2, 0.25) is 21.8 Å². The molecule has 1 saturated heterocycles. The van der Waals surface area contributed by atoms with Crippen molar-refractivity contribution in [2.24, 2.45) is 5.92 Å². The van der Waals surface area contributed by atoms with Gasteiger partial charge in [-0.2, -0.15) is 4.98 Å². The number of imidazole rings is 1. The van der Waals surface area contributed by atoms with Gasteiger partial charge in [-0.1, -0.05) is 60.9 Å². The molecule has 0 unspecified atom stereocenters. The molecule has 65 heavy (non-hydrogen) atoms. The molecule has 5 atom stereocenters. The van der Waals surface area contributed by atoms with E-state index in [0.717, 1.165) is 34.6 Å². The molecule has 2 aromatic carbocycles. The summed E-state index contributed by atoms with van der Waals surface area (Å²) in [5.74, 6) is -2.36. The lowest BCUT2D eigenvalue weighted by molar-refractivity contribution is -0.141. The number of hydrogen-bond donors (Lipinski definition) is 3. The highest BCUT2D eigenvalue weighted by Crippen LogP contribution is 2.48. The molecule has 4 aliphatic rings. The van der Waals surface area contributed by atoms with Crippen LogP contribution in [0.4, 0.5) is 4.79 Å². The molecule has 4 amide bonds. The molecule has 0 spiro atoms. The summed E-state index contributed by atoms with van der Waals surface area (Å²) in [5.41, 5.74) is 3.36. The van der Waals surface area contributed by atoms with Crippen LogP contribution in [0.1, 0.15) is 122 Å². The lowest BCUT2D eigenvalue weighted by Gasteiger charge is -2.30. The Hall–Kier alpha value is -5.29. The highest BCUT2D eigenvalue weighted by molar-refractivity contribution is 7.91. The minimum Gasteiger partial charge on any atom is -0.459 e. The fourth-order valence-electron chi connectivity index (χ4n) is 8.94. The van der Waals surface area contributed by atoms with Crippen LogP contribution in [0.25, 0.3) is 21.6 Å². The summed E-state index contributed by atoms with van der Waals surface area (Å²) in [6.45, 7) is 12.9. The predicted octanol–water partition coefficient (Wildman–Crippen LogP) is 7.28. The highest BCUT2D eigenvalue weighted by atomic mass is 32.2. The number of allylic oxidation sites excluding steroid dienone is 1. The largest absolute Gasteiger partial charge is 0.459 e. The van der Waals surface area contributed by atoms with Crippen LogP contribution in [0, 0.1) is 12.8 Å². The number of sulfonamides is 1. The van der Waals surface area contributed by atoms with Crippen molar-refractivity contribution in [1.29, 1.82) is 0 Å². The van der Waals surface area contributed by atoms with E-state index in [2.05, 4.69) is 51.9 Å². The summed E-state index contributed by atoms with van der Waals surface area (Å²) in [7, 11) is -4.01. The zero-order valence-corrected chi connectivity index (χ0v) is 39.9. The Labute approximate surface area is 385 Å². The van der Waals surface area contributed by atoms with Crippen LogP contribution in [0.5, 0.6) is 6.01 Å². The van der Waals surface area contributed by atoms with Crippen molar-refractivity contribution < 1.29 is 37.1 Å². The molecule has 348 valence electrons. The molecule has 15 nitrogen and oxygen atoms in total. The predicted molar refractivity (Wildman–Crippen MR) is 249 cm³/mol. The zero-order chi connectivity index (χ0) is 46.5. The molecule has 3 fully saturated rings. The molecule has 3 N–H and O–H groups in total. The van der Waals surface area contributed by atoms with Gasteiger partial charge in [-0.25, -0.2) is 18.2 Å². The third kappa shape index (κ3) is 9.96. The number of amides is 4. The molecule has 17 heteroatoms. The smallest absolute Gasteiger partial charge is 0.408 e. The van der Waals surface area contributed by atoms with Gasteiger partial charge in [0, 0.05) is 35.7 Å². The molecule has 0 bridgehead atoms. The molecule has 2 aliphatic carbocycles. The van der Waals surface area contributed by atoms with Gasteiger partial charge in [0.05, 0.1) is 22.5 Å². The van der Waals surface area contributed by atoms with Gasteiger partial charge in [-0.3, -0.25) is 23.7 Å². The van der Waals surface area contributed by atoms with E-state index in [1.54, 1.807) is 39.0 Å². The number of alkyl carbamates (subject to hydrolysis) is 1. The summed E-state index contributed by atoms with van der Waals surface area (Å²) < 4.78 is 42.2. The fourth-order valence-corrected chi connectivity index (χ4v) is 11.1. The van der Waals surface area contributed by atoms with E-state index in [0.29, 0.717) is 50.1 Å².